The van der Waals surface area contributed by atoms with Crippen LogP contribution < -0.4 is 10.1 Å². The maximum absolute atomic E-state index is 12.5. The molecule has 1 heterocycles. The molecular formula is C20H22N2O3. The molecule has 0 radical (unpaired) electrons. The summed E-state index contributed by atoms with van der Waals surface area (Å²) in [7, 11) is 0. The van der Waals surface area contributed by atoms with Crippen molar-refractivity contribution in [1.82, 2.24) is 4.90 Å². The third-order valence-corrected chi connectivity index (χ3v) is 4.37. The molecule has 5 nitrogen and oxygen atoms in total. The topological polar surface area (TPSA) is 58.6 Å². The molecule has 1 aliphatic rings. The molecular weight excluding hydrogens is 316 g/mol. The largest absolute Gasteiger partial charge is 0.480 e. The van der Waals surface area contributed by atoms with Gasteiger partial charge in [0.25, 0.3) is 11.8 Å². The molecule has 0 spiro atoms. The summed E-state index contributed by atoms with van der Waals surface area (Å²) in [6.07, 6.45) is 0.0135. The summed E-state index contributed by atoms with van der Waals surface area (Å²) in [5, 5.41) is 2.85. The van der Waals surface area contributed by atoms with Crippen LogP contribution in [0.25, 0.3) is 0 Å². The molecule has 3 rings (SSSR count). The van der Waals surface area contributed by atoms with Crippen LogP contribution in [0.1, 0.15) is 29.8 Å². The Bertz CT molecular complexity index is 759. The van der Waals surface area contributed by atoms with Crippen molar-refractivity contribution in [2.45, 2.75) is 26.4 Å². The molecule has 25 heavy (non-hydrogen) atoms. The van der Waals surface area contributed by atoms with Crippen LogP contribution in [0.3, 0.4) is 0 Å². The Hall–Kier alpha value is -2.82. The van der Waals surface area contributed by atoms with Crippen LogP contribution in [0.4, 0.5) is 5.69 Å². The van der Waals surface area contributed by atoms with E-state index in [0.29, 0.717) is 30.8 Å². The van der Waals surface area contributed by atoms with E-state index in [9.17, 15) is 9.59 Å². The third kappa shape index (κ3) is 3.65. The van der Waals surface area contributed by atoms with E-state index in [1.807, 2.05) is 38.1 Å². The molecule has 0 aromatic heterocycles. The maximum atomic E-state index is 12.5. The number of amides is 2. The van der Waals surface area contributed by atoms with Gasteiger partial charge in [-0.15, -0.1) is 0 Å². The molecule has 2 amide bonds. The number of ether oxygens (including phenoxy) is 1. The third-order valence-electron chi connectivity index (χ3n) is 4.37. The first-order chi connectivity index (χ1) is 12.1. The lowest BCUT2D eigenvalue weighted by atomic mass is 10.1. The number of hydrogen-bond acceptors (Lipinski definition) is 3. The van der Waals surface area contributed by atoms with Crippen LogP contribution in [0, 0.1) is 0 Å². The molecule has 0 aliphatic carbocycles. The van der Waals surface area contributed by atoms with Gasteiger partial charge in [-0.2, -0.15) is 0 Å². The predicted molar refractivity (Wildman–Crippen MR) is 96.9 cm³/mol. The van der Waals surface area contributed by atoms with Crippen molar-refractivity contribution in [2.24, 2.45) is 0 Å². The van der Waals surface area contributed by atoms with Crippen LogP contribution in [-0.2, 0) is 11.2 Å². The number of nitrogens with zero attached hydrogens (tertiary/aromatic N) is 1. The van der Waals surface area contributed by atoms with Gasteiger partial charge in [0.15, 0.2) is 6.10 Å². The zero-order valence-corrected chi connectivity index (χ0v) is 14.5. The highest BCUT2D eigenvalue weighted by atomic mass is 16.5. The minimum atomic E-state index is -0.542. The van der Waals surface area contributed by atoms with E-state index < -0.39 is 6.10 Å². The standard InChI is InChI=1S/C20H22N2O3/c1-3-22(4-2)20(24)15-9-7-10-16(12-15)21-19(23)18-13-14-8-5-6-11-17(14)25-18/h5-12,18H,3-4,13H2,1-2H3,(H,21,23). The number of para-hydroxylation sites is 1. The van der Waals surface area contributed by atoms with Crippen LogP contribution in [0.5, 0.6) is 5.75 Å². The molecule has 0 bridgehead atoms. The van der Waals surface area contributed by atoms with Gasteiger partial charge in [-0.3, -0.25) is 9.59 Å². The summed E-state index contributed by atoms with van der Waals surface area (Å²) in [6.45, 7) is 5.20. The number of fused-ring (bicyclic) bond motifs is 1. The summed E-state index contributed by atoms with van der Waals surface area (Å²) in [5.74, 6) is 0.516. The molecule has 2 aromatic carbocycles. The quantitative estimate of drug-likeness (QED) is 0.911. The van der Waals surface area contributed by atoms with E-state index in [2.05, 4.69) is 5.32 Å². The molecule has 2 aromatic rings. The lowest BCUT2D eigenvalue weighted by molar-refractivity contribution is -0.122. The fourth-order valence-corrected chi connectivity index (χ4v) is 2.97. The summed E-state index contributed by atoms with van der Waals surface area (Å²) >= 11 is 0. The van der Waals surface area contributed by atoms with Crippen molar-refractivity contribution >= 4 is 17.5 Å². The van der Waals surface area contributed by atoms with Crippen LogP contribution in [0.2, 0.25) is 0 Å². The number of benzene rings is 2. The Labute approximate surface area is 147 Å². The molecule has 0 saturated heterocycles. The van der Waals surface area contributed by atoms with Crippen molar-refractivity contribution in [3.05, 3.63) is 59.7 Å². The Morgan fingerprint density at radius 3 is 2.60 bits per heavy atom. The molecule has 0 fully saturated rings. The molecule has 130 valence electrons. The Kier molecular flexibility index (Phi) is 5.03. The van der Waals surface area contributed by atoms with Gasteiger partial charge in [0.2, 0.25) is 0 Å². The fraction of sp³-hybridized carbons (Fsp3) is 0.300. The number of nitrogens with one attached hydrogen (secondary N) is 1. The summed E-state index contributed by atoms with van der Waals surface area (Å²) in [4.78, 5) is 26.7. The van der Waals surface area contributed by atoms with E-state index in [4.69, 9.17) is 4.74 Å². The van der Waals surface area contributed by atoms with Gasteiger partial charge in [-0.05, 0) is 43.7 Å². The zero-order valence-electron chi connectivity index (χ0n) is 14.5. The minimum absolute atomic E-state index is 0.0365. The van der Waals surface area contributed by atoms with Crippen molar-refractivity contribution in [3.63, 3.8) is 0 Å². The number of anilines is 1. The van der Waals surface area contributed by atoms with E-state index in [1.165, 1.54) is 0 Å². The van der Waals surface area contributed by atoms with E-state index in [1.54, 1.807) is 29.2 Å². The van der Waals surface area contributed by atoms with Crippen LogP contribution in [0.15, 0.2) is 48.5 Å². The first kappa shape index (κ1) is 17.0. The van der Waals surface area contributed by atoms with Crippen molar-refractivity contribution < 1.29 is 14.3 Å². The second-order valence-electron chi connectivity index (χ2n) is 5.97. The molecule has 1 N–H and O–H groups in total. The Morgan fingerprint density at radius 1 is 1.12 bits per heavy atom. The monoisotopic (exact) mass is 338 g/mol. The average Bonchev–Trinajstić information content (AvgIpc) is 3.07. The average molecular weight is 338 g/mol. The molecule has 5 heteroatoms. The smallest absolute Gasteiger partial charge is 0.265 e. The number of carbonyl (C=O) groups is 2. The highest BCUT2D eigenvalue weighted by molar-refractivity contribution is 5.98. The van der Waals surface area contributed by atoms with Gasteiger partial charge in [-0.1, -0.05) is 24.3 Å². The molecule has 0 saturated carbocycles. The van der Waals surface area contributed by atoms with Gasteiger partial charge in [0, 0.05) is 30.8 Å². The first-order valence-corrected chi connectivity index (χ1v) is 8.57. The van der Waals surface area contributed by atoms with E-state index in [-0.39, 0.29) is 11.8 Å². The summed E-state index contributed by atoms with van der Waals surface area (Å²) in [5.41, 5.74) is 2.20. The highest BCUT2D eigenvalue weighted by Gasteiger charge is 2.28. The highest BCUT2D eigenvalue weighted by Crippen LogP contribution is 2.28. The molecule has 1 unspecified atom stereocenters. The van der Waals surface area contributed by atoms with Crippen molar-refractivity contribution in [1.29, 1.82) is 0 Å². The van der Waals surface area contributed by atoms with E-state index >= 15 is 0 Å². The SMILES string of the molecule is CCN(CC)C(=O)c1cccc(NC(=O)C2Cc3ccccc3O2)c1. The molecule has 1 aliphatic heterocycles. The molecule has 1 atom stereocenters. The van der Waals surface area contributed by atoms with E-state index in [0.717, 1.165) is 11.3 Å². The Balaban J connectivity index is 1.69. The van der Waals surface area contributed by atoms with Gasteiger partial charge >= 0.3 is 0 Å². The minimum Gasteiger partial charge on any atom is -0.480 e. The summed E-state index contributed by atoms with van der Waals surface area (Å²) in [6, 6.07) is 14.7. The van der Waals surface area contributed by atoms with Gasteiger partial charge in [-0.25, -0.2) is 0 Å². The van der Waals surface area contributed by atoms with Gasteiger partial charge in [0.1, 0.15) is 5.75 Å². The van der Waals surface area contributed by atoms with Gasteiger partial charge < -0.3 is 15.0 Å². The first-order valence-electron chi connectivity index (χ1n) is 8.57. The lowest BCUT2D eigenvalue weighted by Gasteiger charge is -2.19. The van der Waals surface area contributed by atoms with Crippen LogP contribution in [-0.4, -0.2) is 35.9 Å². The zero-order chi connectivity index (χ0) is 17.8. The van der Waals surface area contributed by atoms with Crippen molar-refractivity contribution in [3.8, 4) is 5.75 Å². The van der Waals surface area contributed by atoms with Crippen LogP contribution >= 0.6 is 0 Å². The second-order valence-corrected chi connectivity index (χ2v) is 5.97. The normalized spacial score (nSPS) is 15.2. The lowest BCUT2D eigenvalue weighted by Crippen LogP contribution is -2.32. The van der Waals surface area contributed by atoms with Crippen molar-refractivity contribution in [2.75, 3.05) is 18.4 Å². The second kappa shape index (κ2) is 7.38. The summed E-state index contributed by atoms with van der Waals surface area (Å²) < 4.78 is 5.70. The number of rotatable bonds is 5. The predicted octanol–water partition coefficient (Wildman–Crippen LogP) is 3.11. The number of hydrogen-bond donors (Lipinski definition) is 1. The number of carbonyl (C=O) groups excluding carboxylic acids is 2. The fourth-order valence-electron chi connectivity index (χ4n) is 2.97. The van der Waals surface area contributed by atoms with Gasteiger partial charge in [0.05, 0.1) is 0 Å². The Morgan fingerprint density at radius 2 is 1.88 bits per heavy atom. The maximum Gasteiger partial charge on any atom is 0.265 e.